The number of para-hydroxylation sites is 1. The molecular formula is C27H25NOSi. The van der Waals surface area contributed by atoms with Gasteiger partial charge in [-0.05, 0) is 45.6 Å². The van der Waals surface area contributed by atoms with Crippen molar-refractivity contribution in [3.8, 4) is 11.1 Å². The van der Waals surface area contributed by atoms with Gasteiger partial charge < -0.3 is 10.4 Å². The van der Waals surface area contributed by atoms with Gasteiger partial charge in [0.25, 0.3) is 0 Å². The minimum atomic E-state index is -0.838. The van der Waals surface area contributed by atoms with E-state index >= 15 is 0 Å². The topological polar surface area (TPSA) is 32.3 Å². The Hall–Kier alpha value is -3.17. The van der Waals surface area contributed by atoms with Gasteiger partial charge in [0.15, 0.2) is 0 Å². The van der Waals surface area contributed by atoms with Crippen LogP contribution >= 0.6 is 0 Å². The third-order valence-corrected chi connectivity index (χ3v) is 7.80. The summed E-state index contributed by atoms with van der Waals surface area (Å²) in [6.07, 6.45) is 4.09. The van der Waals surface area contributed by atoms with E-state index in [0.29, 0.717) is 5.76 Å². The Morgan fingerprint density at radius 1 is 0.767 bits per heavy atom. The predicted molar refractivity (Wildman–Crippen MR) is 129 cm³/mol. The number of benzene rings is 3. The van der Waals surface area contributed by atoms with Gasteiger partial charge in [0, 0.05) is 25.9 Å². The third-order valence-electron chi connectivity index (χ3n) is 6.14. The number of aliphatic hydroxyl groups is 1. The Labute approximate surface area is 179 Å². The lowest BCUT2D eigenvalue weighted by atomic mass is 9.79. The molecule has 3 heteroatoms. The molecule has 0 aromatic heterocycles. The minimum absolute atomic E-state index is 0.223. The van der Waals surface area contributed by atoms with Crippen LogP contribution in [0.15, 0.2) is 102 Å². The van der Waals surface area contributed by atoms with Crippen molar-refractivity contribution >= 4 is 19.3 Å². The lowest BCUT2D eigenvalue weighted by molar-refractivity contribution is 0.426. The number of anilines is 1. The van der Waals surface area contributed by atoms with E-state index in [-0.39, 0.29) is 11.8 Å². The van der Waals surface area contributed by atoms with E-state index in [1.165, 1.54) is 27.4 Å². The lowest BCUT2D eigenvalue weighted by Gasteiger charge is -2.32. The van der Waals surface area contributed by atoms with Crippen molar-refractivity contribution in [1.29, 1.82) is 0 Å². The van der Waals surface area contributed by atoms with E-state index in [9.17, 15) is 5.11 Å². The Morgan fingerprint density at radius 2 is 1.33 bits per heavy atom. The van der Waals surface area contributed by atoms with Crippen molar-refractivity contribution in [3.05, 3.63) is 114 Å². The maximum absolute atomic E-state index is 10.8. The molecule has 148 valence electrons. The molecule has 0 bridgehead atoms. The quantitative estimate of drug-likeness (QED) is 0.494. The van der Waals surface area contributed by atoms with Crippen LogP contribution in [0.3, 0.4) is 0 Å². The number of allylic oxidation sites excluding steroid dienone is 3. The van der Waals surface area contributed by atoms with Gasteiger partial charge in [-0.25, -0.2) is 0 Å². The molecule has 0 radical (unpaired) electrons. The van der Waals surface area contributed by atoms with Crippen LogP contribution in [-0.2, 0) is 0 Å². The van der Waals surface area contributed by atoms with Crippen LogP contribution in [0.5, 0.6) is 0 Å². The largest absolute Gasteiger partial charge is 0.506 e. The molecular weight excluding hydrogens is 382 g/mol. The Balaban J connectivity index is 1.64. The molecule has 0 heterocycles. The van der Waals surface area contributed by atoms with Crippen molar-refractivity contribution < 1.29 is 5.11 Å². The lowest BCUT2D eigenvalue weighted by Crippen LogP contribution is -2.33. The molecule has 0 aliphatic heterocycles. The summed E-state index contributed by atoms with van der Waals surface area (Å²) in [5.41, 5.74) is 7.32. The Morgan fingerprint density at radius 3 is 1.93 bits per heavy atom. The number of nitrogens with one attached hydrogen (secondary N) is 1. The fourth-order valence-corrected chi connectivity index (χ4v) is 6.54. The average molecular weight is 408 g/mol. The summed E-state index contributed by atoms with van der Waals surface area (Å²) in [5.74, 6) is 0.820. The van der Waals surface area contributed by atoms with Crippen molar-refractivity contribution in [3.63, 3.8) is 0 Å². The first-order chi connectivity index (χ1) is 14.6. The normalized spacial score (nSPS) is 17.7. The molecule has 2 nitrogen and oxygen atoms in total. The molecule has 1 atom stereocenters. The molecule has 3 aromatic rings. The van der Waals surface area contributed by atoms with Gasteiger partial charge in [-0.1, -0.05) is 85.9 Å². The summed E-state index contributed by atoms with van der Waals surface area (Å²) in [6, 6.07) is 27.7. The predicted octanol–water partition coefficient (Wildman–Crippen LogP) is 6.38. The molecule has 0 saturated heterocycles. The third kappa shape index (κ3) is 3.06. The second-order valence-electron chi connectivity index (χ2n) is 8.20. The highest BCUT2D eigenvalue weighted by molar-refractivity contribution is 6.72. The van der Waals surface area contributed by atoms with E-state index in [4.69, 9.17) is 0 Å². The molecule has 0 amide bonds. The first-order valence-corrected chi connectivity index (χ1v) is 12.9. The van der Waals surface area contributed by atoms with Gasteiger partial charge in [0.05, 0.1) is 5.70 Å². The van der Waals surface area contributed by atoms with Crippen molar-refractivity contribution in [2.45, 2.75) is 19.0 Å². The molecule has 2 aliphatic carbocycles. The SMILES string of the molecule is C[Si](C)=C1C(Nc2ccccc2)=C(O)C=CC1C1c2ccccc2-c2ccccc21. The zero-order chi connectivity index (χ0) is 20.7. The van der Waals surface area contributed by atoms with E-state index in [1.807, 2.05) is 36.4 Å². The number of rotatable bonds is 3. The summed E-state index contributed by atoms with van der Waals surface area (Å²) in [5, 5.41) is 15.7. The highest BCUT2D eigenvalue weighted by Gasteiger charge is 2.37. The number of hydrogen-bond acceptors (Lipinski definition) is 2. The van der Waals surface area contributed by atoms with Gasteiger partial charge in [-0.3, -0.25) is 0 Å². The van der Waals surface area contributed by atoms with Crippen molar-refractivity contribution in [2.24, 2.45) is 5.92 Å². The Bertz CT molecular complexity index is 1160. The standard InChI is InChI=1S/C27H25NOSi/c1-30(2)27-23(16-17-24(29)26(27)28-18-10-4-3-5-11-18)25-21-14-8-6-12-19(21)20-13-7-9-15-22(20)25/h3-17,23,25,28-29H,1-2H3. The molecule has 30 heavy (non-hydrogen) atoms. The summed E-state index contributed by atoms with van der Waals surface area (Å²) in [7, 11) is -0.838. The highest BCUT2D eigenvalue weighted by Crippen LogP contribution is 2.49. The van der Waals surface area contributed by atoms with Gasteiger partial charge in [-0.2, -0.15) is 0 Å². The summed E-state index contributed by atoms with van der Waals surface area (Å²) in [6.45, 7) is 4.64. The van der Waals surface area contributed by atoms with Crippen LogP contribution in [0.2, 0.25) is 13.1 Å². The van der Waals surface area contributed by atoms with Gasteiger partial charge in [0.2, 0.25) is 0 Å². The molecule has 0 fully saturated rings. The van der Waals surface area contributed by atoms with Crippen LogP contribution in [-0.4, -0.2) is 18.7 Å². The zero-order valence-corrected chi connectivity index (χ0v) is 18.3. The van der Waals surface area contributed by atoms with Crippen LogP contribution in [0, 0.1) is 5.92 Å². The maximum Gasteiger partial charge on any atom is 0.138 e. The minimum Gasteiger partial charge on any atom is -0.506 e. The Kier molecular flexibility index (Phi) is 4.76. The number of aliphatic hydroxyl groups excluding tert-OH is 1. The average Bonchev–Trinajstić information content (AvgIpc) is 3.10. The second-order valence-corrected chi connectivity index (χ2v) is 10.7. The molecule has 2 aliphatic rings. The first kappa shape index (κ1) is 18.8. The smallest absolute Gasteiger partial charge is 0.138 e. The molecule has 3 aromatic carbocycles. The van der Waals surface area contributed by atoms with Gasteiger partial charge in [0.1, 0.15) is 5.76 Å². The molecule has 0 saturated carbocycles. The van der Waals surface area contributed by atoms with E-state index in [0.717, 1.165) is 11.4 Å². The van der Waals surface area contributed by atoms with Gasteiger partial charge in [-0.15, -0.1) is 0 Å². The fraction of sp³-hybridized carbons (Fsp3) is 0.148. The second kappa shape index (κ2) is 7.58. The number of fused-ring (bicyclic) bond motifs is 3. The van der Waals surface area contributed by atoms with E-state index in [1.54, 1.807) is 0 Å². The number of hydrogen-bond donors (Lipinski definition) is 2. The molecule has 2 N–H and O–H groups in total. The monoisotopic (exact) mass is 407 g/mol. The van der Waals surface area contributed by atoms with Crippen LogP contribution in [0.1, 0.15) is 17.0 Å². The van der Waals surface area contributed by atoms with E-state index in [2.05, 4.69) is 73.0 Å². The van der Waals surface area contributed by atoms with Crippen LogP contribution in [0.4, 0.5) is 5.69 Å². The molecule has 1 unspecified atom stereocenters. The fourth-order valence-electron chi connectivity index (χ4n) is 4.92. The van der Waals surface area contributed by atoms with Crippen molar-refractivity contribution in [2.75, 3.05) is 5.32 Å². The van der Waals surface area contributed by atoms with E-state index < -0.39 is 8.41 Å². The maximum atomic E-state index is 10.8. The highest BCUT2D eigenvalue weighted by atomic mass is 28.2. The van der Waals surface area contributed by atoms with Gasteiger partial charge >= 0.3 is 0 Å². The first-order valence-electron chi connectivity index (χ1n) is 10.4. The van der Waals surface area contributed by atoms with Crippen LogP contribution in [0.25, 0.3) is 11.1 Å². The molecule has 0 spiro atoms. The summed E-state index contributed by atoms with van der Waals surface area (Å²) in [4.78, 5) is 0. The summed E-state index contributed by atoms with van der Waals surface area (Å²) >= 11 is 0. The van der Waals surface area contributed by atoms with Crippen molar-refractivity contribution in [1.82, 2.24) is 0 Å². The summed E-state index contributed by atoms with van der Waals surface area (Å²) < 4.78 is 0. The zero-order valence-electron chi connectivity index (χ0n) is 17.3. The van der Waals surface area contributed by atoms with Crippen LogP contribution < -0.4 is 5.32 Å². The molecule has 5 rings (SSSR count).